The number of hydrogen-bond donors (Lipinski definition) is 1. The van der Waals surface area contributed by atoms with Crippen LogP contribution in [-0.4, -0.2) is 36.5 Å². The molecule has 2 aliphatic heterocycles. The van der Waals surface area contributed by atoms with E-state index in [9.17, 15) is 10.4 Å². The highest BCUT2D eigenvalue weighted by atomic mass is 16.5. The standard InChI is InChI=1S/C22H21N3O3/c1-27-17-7-4-15(5-8-17)21-18-9-6-16(26)12-20(18)28-22(19(21)13-23)24-14-25-10-2-3-11-25/h4-9,12,14,21,26H,2-3,10-11H2,1H3/t21-/m0/s1. The van der Waals surface area contributed by atoms with Gasteiger partial charge in [0.1, 0.15) is 28.9 Å². The lowest BCUT2D eigenvalue weighted by Gasteiger charge is -2.26. The lowest BCUT2D eigenvalue weighted by molar-refractivity contribution is 0.387. The van der Waals surface area contributed by atoms with Crippen molar-refractivity contribution in [3.05, 3.63) is 65.0 Å². The number of nitriles is 1. The van der Waals surface area contributed by atoms with Gasteiger partial charge in [0.15, 0.2) is 0 Å². The number of hydrogen-bond acceptors (Lipinski definition) is 5. The third-order valence-electron chi connectivity index (χ3n) is 5.08. The van der Waals surface area contributed by atoms with Crippen molar-refractivity contribution in [2.24, 2.45) is 4.99 Å². The third kappa shape index (κ3) is 3.39. The molecule has 0 aliphatic carbocycles. The summed E-state index contributed by atoms with van der Waals surface area (Å²) >= 11 is 0. The van der Waals surface area contributed by atoms with E-state index in [-0.39, 0.29) is 17.6 Å². The van der Waals surface area contributed by atoms with Gasteiger partial charge in [-0.05, 0) is 36.6 Å². The van der Waals surface area contributed by atoms with Gasteiger partial charge in [0, 0.05) is 24.7 Å². The fraction of sp³-hybridized carbons (Fsp3) is 0.273. The van der Waals surface area contributed by atoms with Crippen LogP contribution in [0, 0.1) is 11.3 Å². The minimum atomic E-state index is -0.328. The van der Waals surface area contributed by atoms with Gasteiger partial charge in [0.2, 0.25) is 5.88 Å². The number of benzene rings is 2. The highest BCUT2D eigenvalue weighted by Gasteiger charge is 2.32. The topological polar surface area (TPSA) is 78.1 Å². The first-order valence-electron chi connectivity index (χ1n) is 9.27. The molecule has 0 unspecified atom stereocenters. The largest absolute Gasteiger partial charge is 0.508 e. The molecule has 1 N–H and O–H groups in total. The van der Waals surface area contributed by atoms with Gasteiger partial charge in [-0.3, -0.25) is 0 Å². The molecule has 142 valence electrons. The maximum absolute atomic E-state index is 9.92. The number of fused-ring (bicyclic) bond motifs is 1. The average Bonchev–Trinajstić information content (AvgIpc) is 3.24. The van der Waals surface area contributed by atoms with Crippen molar-refractivity contribution in [1.82, 2.24) is 4.90 Å². The summed E-state index contributed by atoms with van der Waals surface area (Å²) in [4.78, 5) is 6.60. The van der Waals surface area contributed by atoms with Crippen LogP contribution in [0.1, 0.15) is 29.9 Å². The molecule has 0 spiro atoms. The van der Waals surface area contributed by atoms with E-state index >= 15 is 0 Å². The summed E-state index contributed by atoms with van der Waals surface area (Å²) in [6.45, 7) is 1.91. The number of nitrogens with zero attached hydrogens (tertiary/aromatic N) is 3. The Kier molecular flexibility index (Phi) is 4.90. The van der Waals surface area contributed by atoms with Crippen molar-refractivity contribution in [3.8, 4) is 23.3 Å². The molecule has 6 heteroatoms. The Balaban J connectivity index is 1.80. The van der Waals surface area contributed by atoms with E-state index in [4.69, 9.17) is 9.47 Å². The fourth-order valence-corrected chi connectivity index (χ4v) is 3.63. The Morgan fingerprint density at radius 1 is 1.21 bits per heavy atom. The maximum atomic E-state index is 9.92. The molecule has 6 nitrogen and oxygen atoms in total. The number of likely N-dealkylation sites (tertiary alicyclic amines) is 1. The van der Waals surface area contributed by atoms with Crippen molar-refractivity contribution < 1.29 is 14.6 Å². The van der Waals surface area contributed by atoms with Crippen molar-refractivity contribution in [3.63, 3.8) is 0 Å². The molecule has 28 heavy (non-hydrogen) atoms. The normalized spacial score (nSPS) is 18.7. The molecule has 0 radical (unpaired) electrons. The summed E-state index contributed by atoms with van der Waals surface area (Å²) in [5.74, 6) is 1.31. The number of phenolic OH excluding ortho intramolecular Hbond substituents is 1. The van der Waals surface area contributed by atoms with Crippen LogP contribution >= 0.6 is 0 Å². The van der Waals surface area contributed by atoms with Crippen molar-refractivity contribution in [2.45, 2.75) is 18.8 Å². The summed E-state index contributed by atoms with van der Waals surface area (Å²) in [5.41, 5.74) is 2.19. The molecule has 0 saturated carbocycles. The molecular formula is C22H21N3O3. The predicted octanol–water partition coefficient (Wildman–Crippen LogP) is 3.78. The second-order valence-corrected chi connectivity index (χ2v) is 6.85. The van der Waals surface area contributed by atoms with Gasteiger partial charge in [0.25, 0.3) is 0 Å². The molecule has 0 bridgehead atoms. The summed E-state index contributed by atoms with van der Waals surface area (Å²) in [6.07, 6.45) is 4.03. The van der Waals surface area contributed by atoms with E-state index in [1.54, 1.807) is 31.6 Å². The average molecular weight is 375 g/mol. The van der Waals surface area contributed by atoms with Gasteiger partial charge < -0.3 is 19.5 Å². The van der Waals surface area contributed by atoms with Gasteiger partial charge in [-0.2, -0.15) is 5.26 Å². The molecule has 2 aromatic rings. The molecule has 0 amide bonds. The van der Waals surface area contributed by atoms with Crippen molar-refractivity contribution in [1.29, 1.82) is 5.26 Å². The van der Waals surface area contributed by atoms with Gasteiger partial charge in [-0.25, -0.2) is 4.99 Å². The number of aliphatic imine (C=N–C) groups is 1. The van der Waals surface area contributed by atoms with Crippen LogP contribution in [-0.2, 0) is 0 Å². The van der Waals surface area contributed by atoms with E-state index in [0.717, 1.165) is 42.8 Å². The monoisotopic (exact) mass is 375 g/mol. The molecule has 1 fully saturated rings. The van der Waals surface area contributed by atoms with Crippen molar-refractivity contribution >= 4 is 6.34 Å². The fourth-order valence-electron chi connectivity index (χ4n) is 3.63. The molecule has 0 aromatic heterocycles. The lowest BCUT2D eigenvalue weighted by Crippen LogP contribution is -2.19. The van der Waals surface area contributed by atoms with Crippen LogP contribution in [0.4, 0.5) is 0 Å². The minimum absolute atomic E-state index is 0.107. The maximum Gasteiger partial charge on any atom is 0.235 e. The third-order valence-corrected chi connectivity index (χ3v) is 5.08. The first kappa shape index (κ1) is 17.9. The number of aromatic hydroxyl groups is 1. The Bertz CT molecular complexity index is 968. The molecule has 2 heterocycles. The highest BCUT2D eigenvalue weighted by molar-refractivity contribution is 5.61. The smallest absolute Gasteiger partial charge is 0.235 e. The molecule has 2 aromatic carbocycles. The molecular weight excluding hydrogens is 354 g/mol. The van der Waals surface area contributed by atoms with Gasteiger partial charge in [0.05, 0.1) is 19.4 Å². The number of ether oxygens (including phenoxy) is 2. The number of methoxy groups -OCH3 is 1. The van der Waals surface area contributed by atoms with E-state index in [1.807, 2.05) is 24.3 Å². The van der Waals surface area contributed by atoms with E-state index in [2.05, 4.69) is 16.0 Å². The molecule has 4 rings (SSSR count). The Hall–Kier alpha value is -3.46. The summed E-state index contributed by atoms with van der Waals surface area (Å²) < 4.78 is 11.2. The van der Waals surface area contributed by atoms with Crippen LogP contribution in [0.3, 0.4) is 0 Å². The predicted molar refractivity (Wildman–Crippen MR) is 106 cm³/mol. The SMILES string of the molecule is COc1ccc([C@@H]2C(C#N)=C(N=CN3CCCC3)Oc3cc(O)ccc32)cc1. The molecule has 1 saturated heterocycles. The lowest BCUT2D eigenvalue weighted by atomic mass is 9.83. The van der Waals surface area contributed by atoms with Gasteiger partial charge in [-0.15, -0.1) is 0 Å². The first-order chi connectivity index (χ1) is 13.7. The first-order valence-corrected chi connectivity index (χ1v) is 9.27. The zero-order valence-electron chi connectivity index (χ0n) is 15.6. The van der Waals surface area contributed by atoms with Crippen LogP contribution in [0.5, 0.6) is 17.2 Å². The summed E-state index contributed by atoms with van der Waals surface area (Å²) in [7, 11) is 1.62. The summed E-state index contributed by atoms with van der Waals surface area (Å²) in [6, 6.07) is 14.9. The minimum Gasteiger partial charge on any atom is -0.508 e. The second-order valence-electron chi connectivity index (χ2n) is 6.85. The Morgan fingerprint density at radius 2 is 1.96 bits per heavy atom. The van der Waals surface area contributed by atoms with Crippen LogP contribution in [0.25, 0.3) is 0 Å². The number of phenols is 1. The molecule has 2 aliphatic rings. The highest BCUT2D eigenvalue weighted by Crippen LogP contribution is 2.44. The molecule has 1 atom stereocenters. The quantitative estimate of drug-likeness (QED) is 0.650. The zero-order valence-corrected chi connectivity index (χ0v) is 15.6. The van der Waals surface area contributed by atoms with Crippen LogP contribution in [0.15, 0.2) is 58.9 Å². The van der Waals surface area contributed by atoms with E-state index < -0.39 is 0 Å². The second kappa shape index (κ2) is 7.65. The zero-order chi connectivity index (χ0) is 19.5. The summed E-state index contributed by atoms with van der Waals surface area (Å²) in [5, 5.41) is 19.8. The van der Waals surface area contributed by atoms with Crippen LogP contribution < -0.4 is 9.47 Å². The van der Waals surface area contributed by atoms with Crippen molar-refractivity contribution in [2.75, 3.05) is 20.2 Å². The van der Waals surface area contributed by atoms with E-state index in [1.165, 1.54) is 0 Å². The Morgan fingerprint density at radius 3 is 2.64 bits per heavy atom. The van der Waals surface area contributed by atoms with Gasteiger partial charge in [-0.1, -0.05) is 18.2 Å². The number of allylic oxidation sites excluding steroid dienone is 1. The number of rotatable bonds is 4. The van der Waals surface area contributed by atoms with E-state index in [0.29, 0.717) is 11.3 Å². The van der Waals surface area contributed by atoms with Gasteiger partial charge >= 0.3 is 0 Å². The van der Waals surface area contributed by atoms with Crippen LogP contribution in [0.2, 0.25) is 0 Å². The Labute approximate surface area is 164 Å².